The number of aromatic nitrogens is 1. The van der Waals surface area contributed by atoms with E-state index in [1.54, 1.807) is 0 Å². The Morgan fingerprint density at radius 3 is 3.00 bits per heavy atom. The van der Waals surface area contributed by atoms with Crippen LogP contribution in [0.5, 0.6) is 0 Å². The molecule has 1 aliphatic rings. The lowest BCUT2D eigenvalue weighted by Crippen LogP contribution is -2.57. The van der Waals surface area contributed by atoms with Crippen molar-refractivity contribution in [2.75, 3.05) is 24.5 Å². The third-order valence-electron chi connectivity index (χ3n) is 3.57. The Morgan fingerprint density at radius 2 is 2.21 bits per heavy atom. The van der Waals surface area contributed by atoms with E-state index in [-0.39, 0.29) is 5.54 Å². The molecule has 19 heavy (non-hydrogen) atoms. The molecule has 0 aliphatic carbocycles. The molecule has 0 radical (unpaired) electrons. The van der Waals surface area contributed by atoms with Crippen LogP contribution < -0.4 is 10.2 Å². The second-order valence-electron chi connectivity index (χ2n) is 5.73. The third kappa shape index (κ3) is 2.60. The Morgan fingerprint density at radius 1 is 1.37 bits per heavy atom. The highest BCUT2D eigenvalue weighted by atomic mass is 79.9. The molecule has 2 heterocycles. The number of benzene rings is 1. The SMILES string of the molecule is CC1(C)CN(c2cccc3cc(Br)cnc23)CCN1. The maximum Gasteiger partial charge on any atom is 0.0936 e. The molecule has 3 nitrogen and oxygen atoms in total. The van der Waals surface area contributed by atoms with Gasteiger partial charge in [-0.3, -0.25) is 4.98 Å². The lowest BCUT2D eigenvalue weighted by atomic mass is 10.0. The number of anilines is 1. The van der Waals surface area contributed by atoms with Gasteiger partial charge in [0.1, 0.15) is 0 Å². The molecule has 2 aromatic rings. The molecular formula is C15H18BrN3. The van der Waals surface area contributed by atoms with Gasteiger partial charge in [-0.1, -0.05) is 12.1 Å². The summed E-state index contributed by atoms with van der Waals surface area (Å²) < 4.78 is 1.03. The van der Waals surface area contributed by atoms with Crippen LogP contribution in [0.2, 0.25) is 0 Å². The van der Waals surface area contributed by atoms with Crippen LogP contribution >= 0.6 is 15.9 Å². The standard InChI is InChI=1S/C15H18BrN3/c1-15(2)10-19(7-6-18-15)13-5-3-4-11-8-12(16)9-17-14(11)13/h3-5,8-9,18H,6-7,10H2,1-2H3. The highest BCUT2D eigenvalue weighted by Crippen LogP contribution is 2.28. The molecular weight excluding hydrogens is 302 g/mol. The van der Waals surface area contributed by atoms with Crippen LogP contribution in [0.3, 0.4) is 0 Å². The van der Waals surface area contributed by atoms with Gasteiger partial charge < -0.3 is 10.2 Å². The van der Waals surface area contributed by atoms with Gasteiger partial charge in [0.15, 0.2) is 0 Å². The predicted octanol–water partition coefficient (Wildman–Crippen LogP) is 3.19. The molecule has 1 aliphatic heterocycles. The Balaban J connectivity index is 2.05. The molecule has 4 heteroatoms. The highest BCUT2D eigenvalue weighted by Gasteiger charge is 2.26. The quantitative estimate of drug-likeness (QED) is 0.875. The molecule has 0 atom stereocenters. The van der Waals surface area contributed by atoms with E-state index >= 15 is 0 Å². The fourth-order valence-corrected chi connectivity index (χ4v) is 3.07. The minimum atomic E-state index is 0.149. The van der Waals surface area contributed by atoms with E-state index in [0.29, 0.717) is 0 Å². The smallest absolute Gasteiger partial charge is 0.0936 e. The molecule has 0 unspecified atom stereocenters. The van der Waals surface area contributed by atoms with Crippen LogP contribution in [0.15, 0.2) is 34.9 Å². The summed E-state index contributed by atoms with van der Waals surface area (Å²) in [5.41, 5.74) is 2.47. The number of pyridine rings is 1. The summed E-state index contributed by atoms with van der Waals surface area (Å²) in [5, 5.41) is 4.73. The van der Waals surface area contributed by atoms with Crippen LogP contribution in [0, 0.1) is 0 Å². The lowest BCUT2D eigenvalue weighted by molar-refractivity contribution is 0.353. The van der Waals surface area contributed by atoms with Gasteiger partial charge in [-0.25, -0.2) is 0 Å². The first-order chi connectivity index (χ1) is 9.05. The van der Waals surface area contributed by atoms with Crippen molar-refractivity contribution >= 4 is 32.5 Å². The fraction of sp³-hybridized carbons (Fsp3) is 0.400. The number of fused-ring (bicyclic) bond motifs is 1. The molecule has 0 amide bonds. The summed E-state index contributed by atoms with van der Waals surface area (Å²) in [7, 11) is 0. The largest absolute Gasteiger partial charge is 0.367 e. The Hall–Kier alpha value is -1.13. The van der Waals surface area contributed by atoms with E-state index in [1.807, 2.05) is 6.20 Å². The predicted molar refractivity (Wildman–Crippen MR) is 83.7 cm³/mol. The monoisotopic (exact) mass is 319 g/mol. The van der Waals surface area contributed by atoms with E-state index in [9.17, 15) is 0 Å². The van der Waals surface area contributed by atoms with Crippen molar-refractivity contribution in [1.29, 1.82) is 0 Å². The molecule has 1 saturated heterocycles. The number of piperazine rings is 1. The van der Waals surface area contributed by atoms with Crippen molar-refractivity contribution in [3.05, 3.63) is 34.9 Å². The second-order valence-corrected chi connectivity index (χ2v) is 6.65. The Bertz CT molecular complexity index is 609. The number of halogens is 1. The van der Waals surface area contributed by atoms with Crippen LogP contribution in [-0.2, 0) is 0 Å². The van der Waals surface area contributed by atoms with E-state index in [1.165, 1.54) is 11.1 Å². The van der Waals surface area contributed by atoms with Crippen molar-refractivity contribution in [2.45, 2.75) is 19.4 Å². The topological polar surface area (TPSA) is 28.2 Å². The average molecular weight is 320 g/mol. The molecule has 1 N–H and O–H groups in total. The van der Waals surface area contributed by atoms with Gasteiger partial charge in [0, 0.05) is 41.2 Å². The normalized spacial score (nSPS) is 18.8. The van der Waals surface area contributed by atoms with Gasteiger partial charge in [-0.2, -0.15) is 0 Å². The first-order valence-electron chi connectivity index (χ1n) is 6.59. The maximum atomic E-state index is 4.59. The first-order valence-corrected chi connectivity index (χ1v) is 7.39. The summed E-state index contributed by atoms with van der Waals surface area (Å²) in [5.74, 6) is 0. The fourth-order valence-electron chi connectivity index (χ4n) is 2.72. The van der Waals surface area contributed by atoms with Gasteiger partial charge in [0.25, 0.3) is 0 Å². The van der Waals surface area contributed by atoms with E-state index < -0.39 is 0 Å². The number of para-hydroxylation sites is 1. The number of hydrogen-bond acceptors (Lipinski definition) is 3. The van der Waals surface area contributed by atoms with Gasteiger partial charge in [0.05, 0.1) is 11.2 Å². The molecule has 100 valence electrons. The lowest BCUT2D eigenvalue weighted by Gasteiger charge is -2.40. The molecule has 1 aromatic carbocycles. The van der Waals surface area contributed by atoms with Gasteiger partial charge in [-0.15, -0.1) is 0 Å². The molecule has 0 bridgehead atoms. The third-order valence-corrected chi connectivity index (χ3v) is 4.00. The van der Waals surface area contributed by atoms with E-state index in [2.05, 4.69) is 69.2 Å². The summed E-state index contributed by atoms with van der Waals surface area (Å²) >= 11 is 3.48. The Kier molecular flexibility index (Phi) is 3.23. The van der Waals surface area contributed by atoms with Crippen molar-refractivity contribution in [1.82, 2.24) is 10.3 Å². The summed E-state index contributed by atoms with van der Waals surface area (Å²) in [6, 6.07) is 8.52. The molecule has 3 rings (SSSR count). The van der Waals surface area contributed by atoms with E-state index in [0.717, 1.165) is 29.6 Å². The highest BCUT2D eigenvalue weighted by molar-refractivity contribution is 9.10. The van der Waals surface area contributed by atoms with E-state index in [4.69, 9.17) is 0 Å². The Labute approximate surface area is 122 Å². The minimum Gasteiger partial charge on any atom is -0.367 e. The molecule has 1 fully saturated rings. The maximum absolute atomic E-state index is 4.59. The van der Waals surface area contributed by atoms with Crippen molar-refractivity contribution < 1.29 is 0 Å². The van der Waals surface area contributed by atoms with Gasteiger partial charge in [0.2, 0.25) is 0 Å². The zero-order valence-corrected chi connectivity index (χ0v) is 12.9. The van der Waals surface area contributed by atoms with Crippen LogP contribution in [0.1, 0.15) is 13.8 Å². The zero-order chi connectivity index (χ0) is 13.5. The number of nitrogens with one attached hydrogen (secondary N) is 1. The molecule has 1 aromatic heterocycles. The molecule has 0 saturated carbocycles. The van der Waals surface area contributed by atoms with Crippen molar-refractivity contribution in [2.24, 2.45) is 0 Å². The van der Waals surface area contributed by atoms with Crippen molar-refractivity contribution in [3.8, 4) is 0 Å². The number of hydrogen-bond donors (Lipinski definition) is 1. The number of rotatable bonds is 1. The van der Waals surface area contributed by atoms with Crippen LogP contribution in [0.4, 0.5) is 5.69 Å². The number of nitrogens with zero attached hydrogens (tertiary/aromatic N) is 2. The average Bonchev–Trinajstić information content (AvgIpc) is 2.36. The molecule has 0 spiro atoms. The van der Waals surface area contributed by atoms with Crippen LogP contribution in [-0.4, -0.2) is 30.2 Å². The van der Waals surface area contributed by atoms with Crippen LogP contribution in [0.25, 0.3) is 10.9 Å². The van der Waals surface area contributed by atoms with Gasteiger partial charge >= 0.3 is 0 Å². The van der Waals surface area contributed by atoms with Crippen molar-refractivity contribution in [3.63, 3.8) is 0 Å². The first kappa shape index (κ1) is 12.9. The van der Waals surface area contributed by atoms with Gasteiger partial charge in [-0.05, 0) is 41.9 Å². The summed E-state index contributed by atoms with van der Waals surface area (Å²) in [6.07, 6.45) is 1.87. The summed E-state index contributed by atoms with van der Waals surface area (Å²) in [4.78, 5) is 7.02. The summed E-state index contributed by atoms with van der Waals surface area (Å²) in [6.45, 7) is 7.53. The second kappa shape index (κ2) is 4.76. The minimum absolute atomic E-state index is 0.149. The zero-order valence-electron chi connectivity index (χ0n) is 11.3.